The molecule has 1 aromatic heterocycles. The van der Waals surface area contributed by atoms with Gasteiger partial charge in [0, 0.05) is 24.5 Å². The van der Waals surface area contributed by atoms with E-state index in [2.05, 4.69) is 10.3 Å². The van der Waals surface area contributed by atoms with Gasteiger partial charge in [0.2, 0.25) is 0 Å². The summed E-state index contributed by atoms with van der Waals surface area (Å²) in [6.45, 7) is 2.02. The van der Waals surface area contributed by atoms with Gasteiger partial charge < -0.3 is 5.32 Å². The second-order valence-corrected chi connectivity index (χ2v) is 5.26. The fraction of sp³-hybridized carbons (Fsp3) is 0.643. The fourth-order valence-electron chi connectivity index (χ4n) is 2.67. The van der Waals surface area contributed by atoms with Crippen LogP contribution in [0.5, 0.6) is 0 Å². The summed E-state index contributed by atoms with van der Waals surface area (Å²) in [4.78, 5) is 4.05. The Labute approximate surface area is 111 Å². The summed E-state index contributed by atoms with van der Waals surface area (Å²) in [7, 11) is 0. The van der Waals surface area contributed by atoms with Crippen molar-refractivity contribution in [3.8, 4) is 0 Å². The van der Waals surface area contributed by atoms with Crippen molar-refractivity contribution in [3.05, 3.63) is 30.1 Å². The number of hydrogen-bond acceptors (Lipinski definition) is 2. The lowest BCUT2D eigenvalue weighted by molar-refractivity contribution is -0.182. The summed E-state index contributed by atoms with van der Waals surface area (Å²) in [5.41, 5.74) is 1.07. The lowest BCUT2D eigenvalue weighted by Crippen LogP contribution is -2.38. The number of rotatable bonds is 3. The molecule has 1 fully saturated rings. The molecule has 2 nitrogen and oxygen atoms in total. The Morgan fingerprint density at radius 2 is 1.95 bits per heavy atom. The van der Waals surface area contributed by atoms with E-state index in [1.54, 1.807) is 12.4 Å². The first-order valence-corrected chi connectivity index (χ1v) is 6.69. The predicted octanol–water partition coefficient (Wildman–Crippen LogP) is 3.85. The second kappa shape index (κ2) is 5.90. The van der Waals surface area contributed by atoms with Crippen LogP contribution in [0.1, 0.15) is 44.2 Å². The molecular weight excluding hydrogens is 253 g/mol. The van der Waals surface area contributed by atoms with Crippen LogP contribution in [-0.4, -0.2) is 17.2 Å². The summed E-state index contributed by atoms with van der Waals surface area (Å²) >= 11 is 0. The topological polar surface area (TPSA) is 24.9 Å². The first kappa shape index (κ1) is 14.3. The maximum Gasteiger partial charge on any atom is 0.391 e. The van der Waals surface area contributed by atoms with Gasteiger partial charge in [0.1, 0.15) is 0 Å². The molecule has 0 saturated heterocycles. The van der Waals surface area contributed by atoms with Gasteiger partial charge >= 0.3 is 6.18 Å². The van der Waals surface area contributed by atoms with Gasteiger partial charge in [-0.1, -0.05) is 6.07 Å². The highest BCUT2D eigenvalue weighted by Crippen LogP contribution is 2.37. The number of pyridine rings is 1. The summed E-state index contributed by atoms with van der Waals surface area (Å²) in [6.07, 6.45) is 1.13. The van der Waals surface area contributed by atoms with Crippen molar-refractivity contribution in [2.75, 3.05) is 0 Å². The van der Waals surface area contributed by atoms with Crippen molar-refractivity contribution >= 4 is 0 Å². The monoisotopic (exact) mass is 272 g/mol. The van der Waals surface area contributed by atoms with E-state index in [1.165, 1.54) is 0 Å². The molecule has 1 aliphatic carbocycles. The Morgan fingerprint density at radius 3 is 2.47 bits per heavy atom. The van der Waals surface area contributed by atoms with E-state index in [1.807, 2.05) is 19.1 Å². The highest BCUT2D eigenvalue weighted by molar-refractivity contribution is 5.13. The fourth-order valence-corrected chi connectivity index (χ4v) is 2.67. The molecule has 1 atom stereocenters. The molecule has 0 unspecified atom stereocenters. The molecule has 0 amide bonds. The highest BCUT2D eigenvalue weighted by atomic mass is 19.4. The van der Waals surface area contributed by atoms with Gasteiger partial charge in [0.25, 0.3) is 0 Å². The Kier molecular flexibility index (Phi) is 4.45. The zero-order valence-corrected chi connectivity index (χ0v) is 11.0. The molecule has 1 aromatic rings. The van der Waals surface area contributed by atoms with E-state index in [0.29, 0.717) is 12.8 Å². The van der Waals surface area contributed by atoms with Crippen molar-refractivity contribution in [2.24, 2.45) is 5.92 Å². The van der Waals surface area contributed by atoms with Crippen LogP contribution in [0.25, 0.3) is 0 Å². The van der Waals surface area contributed by atoms with Crippen LogP contribution in [0.15, 0.2) is 24.5 Å². The quantitative estimate of drug-likeness (QED) is 0.904. The van der Waals surface area contributed by atoms with Gasteiger partial charge in [-0.05, 0) is 44.2 Å². The summed E-state index contributed by atoms with van der Waals surface area (Å²) in [5.74, 6) is -1.11. The molecule has 0 spiro atoms. The number of alkyl halides is 3. The minimum absolute atomic E-state index is 0.126. The van der Waals surface area contributed by atoms with E-state index in [9.17, 15) is 13.2 Å². The molecule has 19 heavy (non-hydrogen) atoms. The van der Waals surface area contributed by atoms with Gasteiger partial charge in [-0.2, -0.15) is 13.2 Å². The van der Waals surface area contributed by atoms with Crippen LogP contribution in [0.2, 0.25) is 0 Å². The standard InChI is InChI=1S/C14H19F3N2/c1-10(11-3-2-8-18-9-11)19-13-6-4-12(5-7-13)14(15,16)17/h2-3,8-10,12-13,19H,4-7H2,1H3/t10-,12?,13?/m1/s1. The van der Waals surface area contributed by atoms with Crippen molar-refractivity contribution in [2.45, 2.75) is 50.9 Å². The molecule has 5 heteroatoms. The third-order valence-electron chi connectivity index (χ3n) is 3.86. The van der Waals surface area contributed by atoms with Crippen LogP contribution in [0.4, 0.5) is 13.2 Å². The number of hydrogen-bond donors (Lipinski definition) is 1. The summed E-state index contributed by atoms with van der Waals surface area (Å²) in [6, 6.07) is 4.15. The average molecular weight is 272 g/mol. The van der Waals surface area contributed by atoms with Gasteiger partial charge in [0.15, 0.2) is 0 Å². The third-order valence-corrected chi connectivity index (χ3v) is 3.86. The van der Waals surface area contributed by atoms with E-state index in [-0.39, 0.29) is 24.9 Å². The first-order valence-electron chi connectivity index (χ1n) is 6.69. The van der Waals surface area contributed by atoms with Crippen LogP contribution >= 0.6 is 0 Å². The second-order valence-electron chi connectivity index (χ2n) is 5.26. The molecular formula is C14H19F3N2. The van der Waals surface area contributed by atoms with Crippen LogP contribution in [0.3, 0.4) is 0 Å². The molecule has 1 aliphatic rings. The minimum Gasteiger partial charge on any atom is -0.307 e. The van der Waals surface area contributed by atoms with Gasteiger partial charge in [-0.3, -0.25) is 4.98 Å². The minimum atomic E-state index is -4.03. The largest absolute Gasteiger partial charge is 0.391 e. The lowest BCUT2D eigenvalue weighted by Gasteiger charge is -2.32. The van der Waals surface area contributed by atoms with Crippen LogP contribution in [0, 0.1) is 5.92 Å². The Balaban J connectivity index is 1.83. The van der Waals surface area contributed by atoms with Crippen molar-refractivity contribution in [1.29, 1.82) is 0 Å². The van der Waals surface area contributed by atoms with E-state index < -0.39 is 12.1 Å². The van der Waals surface area contributed by atoms with Crippen molar-refractivity contribution in [3.63, 3.8) is 0 Å². The van der Waals surface area contributed by atoms with Crippen molar-refractivity contribution < 1.29 is 13.2 Å². The first-order chi connectivity index (χ1) is 8.97. The Morgan fingerprint density at radius 1 is 1.26 bits per heavy atom. The maximum atomic E-state index is 12.6. The van der Waals surface area contributed by atoms with Gasteiger partial charge in [0.05, 0.1) is 5.92 Å². The molecule has 0 aromatic carbocycles. The Hall–Kier alpha value is -1.10. The number of halogens is 3. The lowest BCUT2D eigenvalue weighted by atomic mass is 9.85. The molecule has 0 radical (unpaired) electrons. The molecule has 1 N–H and O–H groups in total. The van der Waals surface area contributed by atoms with E-state index in [4.69, 9.17) is 0 Å². The van der Waals surface area contributed by atoms with Crippen molar-refractivity contribution in [1.82, 2.24) is 10.3 Å². The molecule has 1 saturated carbocycles. The van der Waals surface area contributed by atoms with Gasteiger partial charge in [-0.15, -0.1) is 0 Å². The van der Waals surface area contributed by atoms with Gasteiger partial charge in [-0.25, -0.2) is 0 Å². The zero-order chi connectivity index (χ0) is 13.9. The molecule has 0 aliphatic heterocycles. The summed E-state index contributed by atoms with van der Waals surface area (Å²) < 4.78 is 37.7. The third kappa shape index (κ3) is 3.93. The smallest absolute Gasteiger partial charge is 0.307 e. The molecule has 106 valence electrons. The summed E-state index contributed by atoms with van der Waals surface area (Å²) in [5, 5.41) is 3.40. The SMILES string of the molecule is C[C@@H](NC1CCC(C(F)(F)F)CC1)c1cccnc1. The highest BCUT2D eigenvalue weighted by Gasteiger charge is 2.41. The zero-order valence-electron chi connectivity index (χ0n) is 11.0. The van der Waals surface area contributed by atoms with E-state index >= 15 is 0 Å². The predicted molar refractivity (Wildman–Crippen MR) is 67.6 cm³/mol. The number of nitrogens with zero attached hydrogens (tertiary/aromatic N) is 1. The van der Waals surface area contributed by atoms with Crippen LogP contribution in [-0.2, 0) is 0 Å². The molecule has 1 heterocycles. The van der Waals surface area contributed by atoms with E-state index in [0.717, 1.165) is 5.56 Å². The average Bonchev–Trinajstić information content (AvgIpc) is 2.39. The van der Waals surface area contributed by atoms with Crippen LogP contribution < -0.4 is 5.32 Å². The Bertz CT molecular complexity index is 383. The number of aromatic nitrogens is 1. The normalized spacial score (nSPS) is 26.1. The molecule has 0 bridgehead atoms. The maximum absolute atomic E-state index is 12.6. The molecule has 2 rings (SSSR count). The number of nitrogens with one attached hydrogen (secondary N) is 1.